The van der Waals surface area contributed by atoms with E-state index in [4.69, 9.17) is 4.74 Å². The van der Waals surface area contributed by atoms with Gasteiger partial charge >= 0.3 is 5.97 Å². The minimum absolute atomic E-state index is 0.00367. The molecular weight excluding hydrogens is 236 g/mol. The molecule has 0 heterocycles. The second-order valence-electron chi connectivity index (χ2n) is 4.88. The molecule has 1 aliphatic rings. The Morgan fingerprint density at radius 1 is 1.05 bits per heavy atom. The molecule has 1 unspecified atom stereocenters. The molecule has 0 saturated carbocycles. The van der Waals surface area contributed by atoms with Gasteiger partial charge in [0.2, 0.25) is 0 Å². The number of rotatable bonds is 2. The molecule has 0 spiro atoms. The molecule has 0 aliphatic heterocycles. The number of fused-ring (bicyclic) bond motifs is 1. The van der Waals surface area contributed by atoms with Crippen molar-refractivity contribution in [3.05, 3.63) is 54.6 Å². The lowest BCUT2D eigenvalue weighted by atomic mass is 9.95. The zero-order chi connectivity index (χ0) is 13.1. The smallest absolute Gasteiger partial charge is 0.314 e. The molecule has 96 valence electrons. The molecule has 2 aromatic rings. The molecule has 0 N–H and O–H groups in total. The first-order chi connectivity index (χ1) is 9.34. The average molecular weight is 252 g/mol. The standard InChI is InChI=1S/C17H16O2/c18-17(14-8-2-1-3-9-14)19-16-12-6-10-13-7-4-5-11-15(13)16/h1-2,4-7,10-12,14H,3,8-9H2. The van der Waals surface area contributed by atoms with Gasteiger partial charge in [-0.2, -0.15) is 0 Å². The fourth-order valence-electron chi connectivity index (χ4n) is 2.48. The summed E-state index contributed by atoms with van der Waals surface area (Å²) < 4.78 is 5.59. The topological polar surface area (TPSA) is 26.3 Å². The maximum atomic E-state index is 12.2. The van der Waals surface area contributed by atoms with Crippen molar-refractivity contribution >= 4 is 16.7 Å². The Morgan fingerprint density at radius 3 is 2.74 bits per heavy atom. The minimum Gasteiger partial charge on any atom is -0.426 e. The first kappa shape index (κ1) is 12.0. The van der Waals surface area contributed by atoms with Crippen LogP contribution >= 0.6 is 0 Å². The highest BCUT2D eigenvalue weighted by molar-refractivity contribution is 5.90. The van der Waals surface area contributed by atoms with Gasteiger partial charge in [0.05, 0.1) is 5.92 Å². The fourth-order valence-corrected chi connectivity index (χ4v) is 2.48. The largest absolute Gasteiger partial charge is 0.426 e. The van der Waals surface area contributed by atoms with Gasteiger partial charge in [0, 0.05) is 5.39 Å². The van der Waals surface area contributed by atoms with E-state index in [-0.39, 0.29) is 11.9 Å². The molecule has 0 radical (unpaired) electrons. The highest BCUT2D eigenvalue weighted by Crippen LogP contribution is 2.27. The Morgan fingerprint density at radius 2 is 1.89 bits per heavy atom. The van der Waals surface area contributed by atoms with Crippen LogP contribution < -0.4 is 4.74 Å². The second-order valence-corrected chi connectivity index (χ2v) is 4.88. The first-order valence-corrected chi connectivity index (χ1v) is 6.69. The predicted molar refractivity (Wildman–Crippen MR) is 76.1 cm³/mol. The van der Waals surface area contributed by atoms with Crippen molar-refractivity contribution < 1.29 is 9.53 Å². The molecule has 1 aliphatic carbocycles. The molecule has 2 nitrogen and oxygen atoms in total. The maximum absolute atomic E-state index is 12.2. The Balaban J connectivity index is 1.85. The van der Waals surface area contributed by atoms with E-state index in [1.54, 1.807) is 0 Å². The van der Waals surface area contributed by atoms with Gasteiger partial charge in [-0.05, 0) is 30.7 Å². The van der Waals surface area contributed by atoms with E-state index in [9.17, 15) is 4.79 Å². The molecule has 2 aromatic carbocycles. The number of carbonyl (C=O) groups excluding carboxylic acids is 1. The van der Waals surface area contributed by atoms with Gasteiger partial charge in [-0.15, -0.1) is 0 Å². The number of benzene rings is 2. The maximum Gasteiger partial charge on any atom is 0.314 e. The van der Waals surface area contributed by atoms with Crippen LogP contribution in [0.3, 0.4) is 0 Å². The molecule has 3 rings (SSSR count). The van der Waals surface area contributed by atoms with Crippen molar-refractivity contribution in [1.82, 2.24) is 0 Å². The van der Waals surface area contributed by atoms with Crippen LogP contribution in [0.2, 0.25) is 0 Å². The summed E-state index contributed by atoms with van der Waals surface area (Å²) in [5.41, 5.74) is 0. The SMILES string of the molecule is O=C(Oc1cccc2ccccc12)C1CC=CCC1. The summed E-state index contributed by atoms with van der Waals surface area (Å²) in [5.74, 6) is 0.558. The Bertz CT molecular complexity index is 623. The minimum atomic E-state index is -0.110. The molecule has 0 amide bonds. The van der Waals surface area contributed by atoms with Gasteiger partial charge < -0.3 is 4.74 Å². The van der Waals surface area contributed by atoms with E-state index >= 15 is 0 Å². The summed E-state index contributed by atoms with van der Waals surface area (Å²) in [6.07, 6.45) is 6.85. The summed E-state index contributed by atoms with van der Waals surface area (Å²) in [7, 11) is 0. The molecule has 1 atom stereocenters. The molecule has 2 heteroatoms. The van der Waals surface area contributed by atoms with Crippen molar-refractivity contribution in [3.63, 3.8) is 0 Å². The van der Waals surface area contributed by atoms with Crippen LogP contribution in [0.1, 0.15) is 19.3 Å². The third-order valence-electron chi connectivity index (χ3n) is 3.56. The number of allylic oxidation sites excluding steroid dienone is 2. The van der Waals surface area contributed by atoms with Gasteiger partial charge in [-0.1, -0.05) is 48.6 Å². The van der Waals surface area contributed by atoms with Crippen molar-refractivity contribution in [1.29, 1.82) is 0 Å². The number of carbonyl (C=O) groups is 1. The molecule has 19 heavy (non-hydrogen) atoms. The zero-order valence-corrected chi connectivity index (χ0v) is 10.7. The lowest BCUT2D eigenvalue weighted by Gasteiger charge is -2.16. The van der Waals surface area contributed by atoms with Crippen LogP contribution in [0.4, 0.5) is 0 Å². The summed E-state index contributed by atoms with van der Waals surface area (Å²) in [6, 6.07) is 13.8. The van der Waals surface area contributed by atoms with Crippen LogP contribution in [0, 0.1) is 5.92 Å². The van der Waals surface area contributed by atoms with Gasteiger partial charge in [-0.3, -0.25) is 4.79 Å². The van der Waals surface area contributed by atoms with Crippen molar-refractivity contribution in [2.75, 3.05) is 0 Å². The van der Waals surface area contributed by atoms with Crippen molar-refractivity contribution in [2.45, 2.75) is 19.3 Å². The average Bonchev–Trinajstić information content (AvgIpc) is 2.48. The molecule has 0 saturated heterocycles. The highest BCUT2D eigenvalue weighted by atomic mass is 16.5. The Kier molecular flexibility index (Phi) is 3.32. The first-order valence-electron chi connectivity index (χ1n) is 6.69. The molecule has 0 aromatic heterocycles. The number of hydrogen-bond acceptors (Lipinski definition) is 2. The van der Waals surface area contributed by atoms with E-state index < -0.39 is 0 Å². The summed E-state index contributed by atoms with van der Waals surface area (Å²) in [6.45, 7) is 0. The third-order valence-corrected chi connectivity index (χ3v) is 3.56. The van der Waals surface area contributed by atoms with Crippen LogP contribution in [0.5, 0.6) is 5.75 Å². The molecular formula is C17H16O2. The Hall–Kier alpha value is -2.09. The molecule has 0 fully saturated rings. The van der Waals surface area contributed by atoms with Crippen LogP contribution in [-0.2, 0) is 4.79 Å². The van der Waals surface area contributed by atoms with Gasteiger partial charge in [0.1, 0.15) is 5.75 Å². The van der Waals surface area contributed by atoms with Crippen molar-refractivity contribution in [3.8, 4) is 5.75 Å². The predicted octanol–water partition coefficient (Wildman–Crippen LogP) is 4.10. The third kappa shape index (κ3) is 2.53. The summed E-state index contributed by atoms with van der Waals surface area (Å²) in [4.78, 5) is 12.2. The van der Waals surface area contributed by atoms with E-state index in [0.717, 1.165) is 30.0 Å². The summed E-state index contributed by atoms with van der Waals surface area (Å²) in [5, 5.41) is 2.08. The zero-order valence-electron chi connectivity index (χ0n) is 10.7. The highest BCUT2D eigenvalue weighted by Gasteiger charge is 2.21. The van der Waals surface area contributed by atoms with E-state index in [1.165, 1.54) is 0 Å². The van der Waals surface area contributed by atoms with Crippen LogP contribution in [0.25, 0.3) is 10.8 Å². The second kappa shape index (κ2) is 5.27. The van der Waals surface area contributed by atoms with E-state index in [2.05, 4.69) is 12.2 Å². The van der Waals surface area contributed by atoms with E-state index in [0.29, 0.717) is 5.75 Å². The summed E-state index contributed by atoms with van der Waals surface area (Å²) >= 11 is 0. The lowest BCUT2D eigenvalue weighted by molar-refractivity contribution is -0.139. The van der Waals surface area contributed by atoms with Gasteiger partial charge in [0.15, 0.2) is 0 Å². The number of ether oxygens (including phenoxy) is 1. The lowest BCUT2D eigenvalue weighted by Crippen LogP contribution is -2.21. The van der Waals surface area contributed by atoms with Gasteiger partial charge in [-0.25, -0.2) is 0 Å². The monoisotopic (exact) mass is 252 g/mol. The van der Waals surface area contributed by atoms with Crippen molar-refractivity contribution in [2.24, 2.45) is 5.92 Å². The Labute approximate surface area is 112 Å². The normalized spacial score (nSPS) is 18.4. The number of esters is 1. The van der Waals surface area contributed by atoms with Gasteiger partial charge in [0.25, 0.3) is 0 Å². The quantitative estimate of drug-likeness (QED) is 0.457. The fraction of sp³-hybridized carbons (Fsp3) is 0.235. The molecule has 0 bridgehead atoms. The van der Waals surface area contributed by atoms with Crippen LogP contribution in [-0.4, -0.2) is 5.97 Å². The van der Waals surface area contributed by atoms with Crippen LogP contribution in [0.15, 0.2) is 54.6 Å². The number of hydrogen-bond donors (Lipinski definition) is 0. The van der Waals surface area contributed by atoms with E-state index in [1.807, 2.05) is 42.5 Å².